The van der Waals surface area contributed by atoms with Crippen molar-refractivity contribution in [2.24, 2.45) is 9.98 Å². The SMILES string of the molecule is COC1N=C(N2CCN(C)CC2)N=C(Cl)N1C([N+](=O)[O-])[N+](=O)[O-].Cl. The van der Waals surface area contributed by atoms with Gasteiger partial charge in [-0.2, -0.15) is 14.9 Å². The number of ether oxygens (including phenoxy) is 1. The molecule has 2 rings (SSSR count). The minimum atomic E-state index is -2.33. The van der Waals surface area contributed by atoms with E-state index < -0.39 is 27.8 Å². The average molecular weight is 386 g/mol. The van der Waals surface area contributed by atoms with Crippen molar-refractivity contribution in [3.05, 3.63) is 20.2 Å². The second-order valence-electron chi connectivity index (χ2n) is 4.99. The van der Waals surface area contributed by atoms with Crippen LogP contribution in [0.5, 0.6) is 0 Å². The Kier molecular flexibility index (Phi) is 7.08. The number of amidine groups is 1. The van der Waals surface area contributed by atoms with Gasteiger partial charge in [0, 0.05) is 33.3 Å². The number of nitrogens with zero attached hydrogens (tertiary/aromatic N) is 7. The van der Waals surface area contributed by atoms with E-state index in [9.17, 15) is 20.2 Å². The first kappa shape index (κ1) is 20.3. The quantitative estimate of drug-likeness (QED) is 0.278. The molecule has 2 aliphatic rings. The number of piperazine rings is 1. The van der Waals surface area contributed by atoms with Gasteiger partial charge in [0.25, 0.3) is 0 Å². The molecule has 0 bridgehead atoms. The third-order valence-electron chi connectivity index (χ3n) is 3.49. The highest BCUT2D eigenvalue weighted by molar-refractivity contribution is 6.65. The fraction of sp³-hybridized carbons (Fsp3) is 0.800. The highest BCUT2D eigenvalue weighted by atomic mass is 35.5. The third-order valence-corrected chi connectivity index (χ3v) is 3.77. The number of likely N-dealkylation sites (N-methyl/N-ethyl adjacent to an activating group) is 1. The molecule has 0 aliphatic carbocycles. The van der Waals surface area contributed by atoms with Crippen LogP contribution in [0.1, 0.15) is 0 Å². The summed E-state index contributed by atoms with van der Waals surface area (Å²) in [7, 11) is 3.21. The lowest BCUT2D eigenvalue weighted by atomic mass is 10.3. The van der Waals surface area contributed by atoms with Gasteiger partial charge >= 0.3 is 6.29 Å². The Morgan fingerprint density at radius 2 is 1.79 bits per heavy atom. The lowest BCUT2D eigenvalue weighted by Gasteiger charge is -2.36. The van der Waals surface area contributed by atoms with Gasteiger partial charge in [0.2, 0.25) is 17.6 Å². The summed E-state index contributed by atoms with van der Waals surface area (Å²) in [6.07, 6.45) is -3.62. The maximum atomic E-state index is 11.0. The van der Waals surface area contributed by atoms with Crippen LogP contribution in [-0.4, -0.2) is 88.8 Å². The van der Waals surface area contributed by atoms with Gasteiger partial charge in [-0.05, 0) is 18.6 Å². The number of methoxy groups -OCH3 is 1. The first-order chi connectivity index (χ1) is 10.8. The molecule has 1 saturated heterocycles. The van der Waals surface area contributed by atoms with Crippen molar-refractivity contribution in [3.8, 4) is 0 Å². The standard InChI is InChI=1S/C10H16ClN7O5.ClH/c1-14-3-5-15(6-4-14)8-12-7(11)16(9(13-8)23-2)10(17(19)20)18(21)22;/h9-10H,3-6H2,1-2H3;1H. The van der Waals surface area contributed by atoms with Crippen molar-refractivity contribution in [1.29, 1.82) is 0 Å². The van der Waals surface area contributed by atoms with Gasteiger partial charge in [0.05, 0.1) is 0 Å². The van der Waals surface area contributed by atoms with Gasteiger partial charge in [-0.1, -0.05) is 0 Å². The van der Waals surface area contributed by atoms with Crippen LogP contribution < -0.4 is 0 Å². The molecule has 1 unspecified atom stereocenters. The Hall–Kier alpha value is -1.76. The minimum Gasteiger partial charge on any atom is -0.342 e. The fourth-order valence-electron chi connectivity index (χ4n) is 2.24. The number of rotatable bonds is 4. The molecule has 1 atom stereocenters. The lowest BCUT2D eigenvalue weighted by molar-refractivity contribution is -0.767. The van der Waals surface area contributed by atoms with E-state index in [0.717, 1.165) is 13.1 Å². The molecule has 0 spiro atoms. The van der Waals surface area contributed by atoms with Crippen molar-refractivity contribution in [2.75, 3.05) is 40.3 Å². The van der Waals surface area contributed by atoms with Crippen LogP contribution in [0.3, 0.4) is 0 Å². The first-order valence-electron chi connectivity index (χ1n) is 6.68. The fourth-order valence-corrected chi connectivity index (χ4v) is 2.48. The second kappa shape index (κ2) is 8.37. The zero-order chi connectivity index (χ0) is 17.1. The topological polar surface area (TPSA) is 130 Å². The van der Waals surface area contributed by atoms with Crippen molar-refractivity contribution in [3.63, 3.8) is 0 Å². The van der Waals surface area contributed by atoms with E-state index in [1.54, 1.807) is 0 Å². The van der Waals surface area contributed by atoms with Crippen LogP contribution in [-0.2, 0) is 4.74 Å². The molecule has 2 aliphatic heterocycles. The molecule has 136 valence electrons. The molecule has 0 saturated carbocycles. The highest BCUT2D eigenvalue weighted by Crippen LogP contribution is 2.19. The largest absolute Gasteiger partial charge is 0.541 e. The maximum absolute atomic E-state index is 11.0. The molecular weight excluding hydrogens is 369 g/mol. The van der Waals surface area contributed by atoms with Crippen molar-refractivity contribution >= 4 is 35.3 Å². The molecule has 1 fully saturated rings. The Morgan fingerprint density at radius 1 is 1.25 bits per heavy atom. The van der Waals surface area contributed by atoms with Gasteiger partial charge < -0.3 is 14.5 Å². The third kappa shape index (κ3) is 4.20. The monoisotopic (exact) mass is 385 g/mol. The second-order valence-corrected chi connectivity index (χ2v) is 5.32. The molecule has 0 N–H and O–H groups in total. The summed E-state index contributed by atoms with van der Waals surface area (Å²) in [6, 6.07) is 0. The van der Waals surface area contributed by atoms with E-state index in [1.807, 2.05) is 11.9 Å². The van der Waals surface area contributed by atoms with E-state index in [1.165, 1.54) is 7.11 Å². The van der Waals surface area contributed by atoms with Crippen molar-refractivity contribution in [2.45, 2.75) is 12.6 Å². The maximum Gasteiger partial charge on any atom is 0.541 e. The van der Waals surface area contributed by atoms with Crippen LogP contribution in [0.4, 0.5) is 0 Å². The molecule has 24 heavy (non-hydrogen) atoms. The van der Waals surface area contributed by atoms with Crippen LogP contribution in [0.2, 0.25) is 0 Å². The molecule has 0 radical (unpaired) electrons. The number of aliphatic imine (C=N–C) groups is 2. The molecule has 0 aromatic carbocycles. The number of guanidine groups is 1. The van der Waals surface area contributed by atoms with Gasteiger partial charge in [0.1, 0.15) is 9.85 Å². The zero-order valence-corrected chi connectivity index (χ0v) is 14.5. The van der Waals surface area contributed by atoms with Crippen LogP contribution in [0.15, 0.2) is 9.98 Å². The van der Waals surface area contributed by atoms with E-state index in [4.69, 9.17) is 16.3 Å². The van der Waals surface area contributed by atoms with E-state index in [2.05, 4.69) is 14.9 Å². The Balaban J connectivity index is 0.00000288. The number of nitro groups is 2. The number of hydrogen-bond donors (Lipinski definition) is 0. The summed E-state index contributed by atoms with van der Waals surface area (Å²) in [4.78, 5) is 32.4. The normalized spacial score (nSPS) is 21.9. The molecule has 14 heteroatoms. The highest BCUT2D eigenvalue weighted by Gasteiger charge is 2.48. The zero-order valence-electron chi connectivity index (χ0n) is 12.9. The average Bonchev–Trinajstić information content (AvgIpc) is 2.49. The predicted octanol–water partition coefficient (Wildman–Crippen LogP) is -0.311. The van der Waals surface area contributed by atoms with Gasteiger partial charge in [-0.3, -0.25) is 20.2 Å². The Morgan fingerprint density at radius 3 is 2.25 bits per heavy atom. The molecule has 0 amide bonds. The molecule has 12 nitrogen and oxygen atoms in total. The summed E-state index contributed by atoms with van der Waals surface area (Å²) in [5.41, 5.74) is 0. The number of hydrogen-bond acceptors (Lipinski definition) is 10. The number of halogens is 2. The summed E-state index contributed by atoms with van der Waals surface area (Å²) >= 11 is 5.95. The van der Waals surface area contributed by atoms with Crippen molar-refractivity contribution in [1.82, 2.24) is 14.7 Å². The Labute approximate surface area is 148 Å². The van der Waals surface area contributed by atoms with E-state index in [-0.39, 0.29) is 18.4 Å². The van der Waals surface area contributed by atoms with Gasteiger partial charge in [-0.25, -0.2) is 0 Å². The summed E-state index contributed by atoms with van der Waals surface area (Å²) in [5.74, 6) is 0.247. The predicted molar refractivity (Wildman–Crippen MR) is 87.5 cm³/mol. The van der Waals surface area contributed by atoms with Crippen molar-refractivity contribution < 1.29 is 14.6 Å². The molecule has 0 aromatic heterocycles. The first-order valence-corrected chi connectivity index (χ1v) is 7.06. The van der Waals surface area contributed by atoms with E-state index >= 15 is 0 Å². The summed E-state index contributed by atoms with van der Waals surface area (Å²) in [5, 5.41) is 21.5. The lowest BCUT2D eigenvalue weighted by Crippen LogP contribution is -2.56. The molecule has 2 heterocycles. The van der Waals surface area contributed by atoms with Crippen LogP contribution >= 0.6 is 24.0 Å². The smallest absolute Gasteiger partial charge is 0.342 e. The molecule has 0 aromatic rings. The van der Waals surface area contributed by atoms with E-state index in [0.29, 0.717) is 18.0 Å². The molecular formula is C10H17Cl2N7O5. The Bertz CT molecular complexity index is 538. The summed E-state index contributed by atoms with van der Waals surface area (Å²) in [6.45, 7) is 2.88. The van der Waals surface area contributed by atoms with Gasteiger partial charge in [-0.15, -0.1) is 12.4 Å². The summed E-state index contributed by atoms with van der Waals surface area (Å²) < 4.78 is 5.02. The van der Waals surface area contributed by atoms with Crippen LogP contribution in [0.25, 0.3) is 0 Å². The minimum absolute atomic E-state index is 0. The van der Waals surface area contributed by atoms with Crippen LogP contribution in [0, 0.1) is 20.2 Å². The van der Waals surface area contributed by atoms with Gasteiger partial charge in [0.15, 0.2) is 0 Å².